The van der Waals surface area contributed by atoms with Gasteiger partial charge >= 0.3 is 0 Å². The first kappa shape index (κ1) is 17.4. The normalized spacial score (nSPS) is 10.9. The van der Waals surface area contributed by atoms with Crippen molar-refractivity contribution in [2.75, 3.05) is 5.32 Å². The molecule has 0 unspecified atom stereocenters. The second-order valence-corrected chi connectivity index (χ2v) is 7.54. The molecule has 1 aromatic carbocycles. The third kappa shape index (κ3) is 3.90. The van der Waals surface area contributed by atoms with Crippen LogP contribution in [0.4, 0.5) is 5.82 Å². The Morgan fingerprint density at radius 2 is 1.89 bits per heavy atom. The second kappa shape index (κ2) is 7.72. The van der Waals surface area contributed by atoms with Crippen LogP contribution in [0.3, 0.4) is 0 Å². The number of benzene rings is 1. The molecule has 0 fully saturated rings. The van der Waals surface area contributed by atoms with E-state index in [1.54, 1.807) is 23.9 Å². The summed E-state index contributed by atoms with van der Waals surface area (Å²) in [6.45, 7) is 5.46. The molecule has 3 aromatic heterocycles. The van der Waals surface area contributed by atoms with Crippen LogP contribution in [0.15, 0.2) is 55.1 Å². The van der Waals surface area contributed by atoms with E-state index < -0.39 is 0 Å². The number of aromatic nitrogens is 3. The van der Waals surface area contributed by atoms with Crippen LogP contribution in [-0.4, -0.2) is 15.0 Å². The van der Waals surface area contributed by atoms with Gasteiger partial charge in [-0.15, -0.1) is 11.3 Å². The monoisotopic (exact) mass is 376 g/mol. The first-order chi connectivity index (χ1) is 13.2. The van der Waals surface area contributed by atoms with Crippen LogP contribution in [0.25, 0.3) is 10.2 Å². The molecule has 0 amide bonds. The van der Waals surface area contributed by atoms with Crippen molar-refractivity contribution in [3.63, 3.8) is 0 Å². The van der Waals surface area contributed by atoms with Crippen molar-refractivity contribution in [3.8, 4) is 5.75 Å². The molecule has 136 valence electrons. The van der Waals surface area contributed by atoms with Crippen molar-refractivity contribution in [3.05, 3.63) is 76.7 Å². The molecule has 0 saturated heterocycles. The van der Waals surface area contributed by atoms with Gasteiger partial charge in [0, 0.05) is 29.4 Å². The third-order valence-electron chi connectivity index (χ3n) is 4.48. The van der Waals surface area contributed by atoms with Gasteiger partial charge in [0.25, 0.3) is 0 Å². The summed E-state index contributed by atoms with van der Waals surface area (Å²) in [5.74, 6) is 1.73. The number of fused-ring (bicyclic) bond motifs is 1. The minimum Gasteiger partial charge on any atom is -0.489 e. The lowest BCUT2D eigenvalue weighted by Gasteiger charge is -2.09. The Kier molecular flexibility index (Phi) is 4.98. The number of pyridine rings is 1. The average Bonchev–Trinajstić information content (AvgIpc) is 3.01. The fourth-order valence-corrected chi connectivity index (χ4v) is 3.85. The lowest BCUT2D eigenvalue weighted by molar-refractivity contribution is 0.305. The number of aryl methyl sites for hydroxylation is 2. The van der Waals surface area contributed by atoms with Gasteiger partial charge in [-0.2, -0.15) is 0 Å². The van der Waals surface area contributed by atoms with Crippen molar-refractivity contribution < 1.29 is 4.74 Å². The number of ether oxygens (including phenoxy) is 1. The minimum atomic E-state index is 0.515. The average molecular weight is 376 g/mol. The summed E-state index contributed by atoms with van der Waals surface area (Å²) < 4.78 is 5.81. The number of hydrogen-bond acceptors (Lipinski definition) is 6. The van der Waals surface area contributed by atoms with Gasteiger partial charge in [0.05, 0.1) is 5.39 Å². The zero-order valence-electron chi connectivity index (χ0n) is 15.3. The highest BCUT2D eigenvalue weighted by atomic mass is 32.1. The maximum atomic E-state index is 5.81. The molecule has 0 atom stereocenters. The number of thiophene rings is 1. The van der Waals surface area contributed by atoms with Gasteiger partial charge in [0.1, 0.15) is 29.3 Å². The van der Waals surface area contributed by atoms with Crippen molar-refractivity contribution in [1.82, 2.24) is 15.0 Å². The number of anilines is 1. The molecule has 0 aliphatic heterocycles. The number of hydrogen-bond donors (Lipinski definition) is 1. The Balaban J connectivity index is 1.41. The van der Waals surface area contributed by atoms with E-state index in [9.17, 15) is 0 Å². The fraction of sp³-hybridized carbons (Fsp3) is 0.190. The standard InChI is InChI=1S/C21H20N4OS/c1-14-15(2)27-21-19(14)20(24-13-25-21)23-11-16-5-7-18(8-6-16)26-12-17-4-3-9-22-10-17/h3-10,13H,11-12H2,1-2H3,(H,23,24,25). The Morgan fingerprint density at radius 3 is 2.67 bits per heavy atom. The van der Waals surface area contributed by atoms with E-state index in [0.717, 1.165) is 27.3 Å². The highest BCUT2D eigenvalue weighted by Crippen LogP contribution is 2.32. The van der Waals surface area contributed by atoms with Gasteiger partial charge < -0.3 is 10.1 Å². The van der Waals surface area contributed by atoms with Crippen LogP contribution in [-0.2, 0) is 13.2 Å². The van der Waals surface area contributed by atoms with Gasteiger partial charge in [0.2, 0.25) is 0 Å². The molecule has 0 bridgehead atoms. The summed E-state index contributed by atoms with van der Waals surface area (Å²) in [6, 6.07) is 12.0. The van der Waals surface area contributed by atoms with Crippen LogP contribution < -0.4 is 10.1 Å². The largest absolute Gasteiger partial charge is 0.489 e. The molecule has 27 heavy (non-hydrogen) atoms. The zero-order chi connectivity index (χ0) is 18.6. The van der Waals surface area contributed by atoms with Gasteiger partial charge in [0.15, 0.2) is 0 Å². The maximum Gasteiger partial charge on any atom is 0.138 e. The predicted molar refractivity (Wildman–Crippen MR) is 109 cm³/mol. The molecule has 0 spiro atoms. The molecular weight excluding hydrogens is 356 g/mol. The van der Waals surface area contributed by atoms with Crippen LogP contribution in [0, 0.1) is 13.8 Å². The molecule has 4 rings (SSSR count). The summed E-state index contributed by atoms with van der Waals surface area (Å²) in [4.78, 5) is 15.2. The highest BCUT2D eigenvalue weighted by molar-refractivity contribution is 7.18. The predicted octanol–water partition coefficient (Wildman–Crippen LogP) is 4.89. The van der Waals surface area contributed by atoms with Gasteiger partial charge in [-0.3, -0.25) is 4.98 Å². The van der Waals surface area contributed by atoms with E-state index in [-0.39, 0.29) is 0 Å². The second-order valence-electron chi connectivity index (χ2n) is 6.33. The minimum absolute atomic E-state index is 0.515. The summed E-state index contributed by atoms with van der Waals surface area (Å²) in [5.41, 5.74) is 3.47. The summed E-state index contributed by atoms with van der Waals surface area (Å²) >= 11 is 1.71. The van der Waals surface area contributed by atoms with Crippen molar-refractivity contribution in [1.29, 1.82) is 0 Å². The highest BCUT2D eigenvalue weighted by Gasteiger charge is 2.11. The van der Waals surface area contributed by atoms with Gasteiger partial charge in [-0.05, 0) is 43.2 Å². The van der Waals surface area contributed by atoms with E-state index in [1.807, 2.05) is 30.5 Å². The van der Waals surface area contributed by atoms with Gasteiger partial charge in [-0.1, -0.05) is 18.2 Å². The third-order valence-corrected chi connectivity index (χ3v) is 5.59. The molecule has 5 nitrogen and oxygen atoms in total. The van der Waals surface area contributed by atoms with E-state index in [0.29, 0.717) is 13.2 Å². The molecule has 4 aromatic rings. The van der Waals surface area contributed by atoms with Crippen LogP contribution in [0.5, 0.6) is 5.75 Å². The first-order valence-electron chi connectivity index (χ1n) is 8.76. The summed E-state index contributed by atoms with van der Waals surface area (Å²) in [6.07, 6.45) is 5.19. The van der Waals surface area contributed by atoms with Crippen molar-refractivity contribution in [2.45, 2.75) is 27.0 Å². The number of nitrogens with one attached hydrogen (secondary N) is 1. The molecule has 0 saturated carbocycles. The SMILES string of the molecule is Cc1sc2ncnc(NCc3ccc(OCc4cccnc4)cc3)c2c1C. The maximum absolute atomic E-state index is 5.81. The Labute approximate surface area is 162 Å². The van der Waals surface area contributed by atoms with E-state index in [2.05, 4.69) is 46.2 Å². The van der Waals surface area contributed by atoms with Crippen LogP contribution in [0.2, 0.25) is 0 Å². The lowest BCUT2D eigenvalue weighted by atomic mass is 10.2. The molecule has 0 aliphatic carbocycles. The van der Waals surface area contributed by atoms with Crippen molar-refractivity contribution in [2.24, 2.45) is 0 Å². The molecular formula is C21H20N4OS. The number of nitrogens with zero attached hydrogens (tertiary/aromatic N) is 3. The van der Waals surface area contributed by atoms with Gasteiger partial charge in [-0.25, -0.2) is 9.97 Å². The number of rotatable bonds is 6. The lowest BCUT2D eigenvalue weighted by Crippen LogP contribution is -2.02. The molecule has 0 aliphatic rings. The molecule has 0 radical (unpaired) electrons. The summed E-state index contributed by atoms with van der Waals surface area (Å²) in [7, 11) is 0. The molecule has 1 N–H and O–H groups in total. The smallest absolute Gasteiger partial charge is 0.138 e. The fourth-order valence-electron chi connectivity index (χ4n) is 2.86. The Hall–Kier alpha value is -2.99. The summed E-state index contributed by atoms with van der Waals surface area (Å²) in [5, 5.41) is 4.56. The molecule has 6 heteroatoms. The van der Waals surface area contributed by atoms with E-state index >= 15 is 0 Å². The molecule has 3 heterocycles. The van der Waals surface area contributed by atoms with Crippen LogP contribution in [0.1, 0.15) is 21.6 Å². The quantitative estimate of drug-likeness (QED) is 0.519. The zero-order valence-corrected chi connectivity index (χ0v) is 16.1. The first-order valence-corrected chi connectivity index (χ1v) is 9.57. The van der Waals surface area contributed by atoms with E-state index in [4.69, 9.17) is 4.74 Å². The Bertz CT molecular complexity index is 1050. The van der Waals surface area contributed by atoms with Crippen molar-refractivity contribution >= 4 is 27.4 Å². The Morgan fingerprint density at radius 1 is 1.04 bits per heavy atom. The van der Waals surface area contributed by atoms with E-state index in [1.165, 1.54) is 16.0 Å². The van der Waals surface area contributed by atoms with Crippen LogP contribution >= 0.6 is 11.3 Å². The topological polar surface area (TPSA) is 59.9 Å².